The fraction of sp³-hybridized carbons (Fsp3) is 0.458. The van der Waals surface area contributed by atoms with Crippen LogP contribution in [0.25, 0.3) is 0 Å². The lowest BCUT2D eigenvalue weighted by Crippen LogP contribution is -2.50. The maximum Gasteiger partial charge on any atom is 0.321 e. The second-order valence-electron chi connectivity index (χ2n) is 8.36. The van der Waals surface area contributed by atoms with Crippen molar-refractivity contribution in [2.45, 2.75) is 46.5 Å². The van der Waals surface area contributed by atoms with Gasteiger partial charge in [0.1, 0.15) is 0 Å². The van der Waals surface area contributed by atoms with Crippen LogP contribution in [0.15, 0.2) is 42.5 Å². The topological polar surface area (TPSA) is 35.6 Å². The normalized spacial score (nSPS) is 14.7. The SMILES string of the molecule is Cc1cccc(N2CCN(C(=O)Nc3c(C(C)C)cccc3C(C)C)CC2)c1. The van der Waals surface area contributed by atoms with Crippen LogP contribution in [-0.4, -0.2) is 37.1 Å². The third-order valence-corrected chi connectivity index (χ3v) is 5.54. The number of amides is 2. The zero-order valence-corrected chi connectivity index (χ0v) is 17.8. The van der Waals surface area contributed by atoms with Gasteiger partial charge in [-0.2, -0.15) is 0 Å². The van der Waals surface area contributed by atoms with Gasteiger partial charge in [0, 0.05) is 37.6 Å². The van der Waals surface area contributed by atoms with E-state index >= 15 is 0 Å². The predicted octanol–water partition coefficient (Wildman–Crippen LogP) is 5.60. The Labute approximate surface area is 169 Å². The summed E-state index contributed by atoms with van der Waals surface area (Å²) in [4.78, 5) is 17.3. The molecule has 28 heavy (non-hydrogen) atoms. The minimum Gasteiger partial charge on any atom is -0.368 e. The number of hydrogen-bond acceptors (Lipinski definition) is 2. The van der Waals surface area contributed by atoms with Gasteiger partial charge in [-0.15, -0.1) is 0 Å². The van der Waals surface area contributed by atoms with Crippen LogP contribution < -0.4 is 10.2 Å². The number of carbonyl (C=O) groups is 1. The number of nitrogens with one attached hydrogen (secondary N) is 1. The summed E-state index contributed by atoms with van der Waals surface area (Å²) in [6, 6.07) is 14.9. The number of urea groups is 1. The van der Waals surface area contributed by atoms with Crippen molar-refractivity contribution < 1.29 is 4.79 Å². The van der Waals surface area contributed by atoms with Crippen LogP contribution in [0.2, 0.25) is 0 Å². The lowest BCUT2D eigenvalue weighted by molar-refractivity contribution is 0.208. The summed E-state index contributed by atoms with van der Waals surface area (Å²) in [6.45, 7) is 14.0. The second kappa shape index (κ2) is 8.68. The maximum absolute atomic E-state index is 13.0. The molecule has 1 aliphatic heterocycles. The molecule has 1 N–H and O–H groups in total. The quantitative estimate of drug-likeness (QED) is 0.751. The van der Waals surface area contributed by atoms with Crippen molar-refractivity contribution in [2.24, 2.45) is 0 Å². The van der Waals surface area contributed by atoms with Gasteiger partial charge in [-0.25, -0.2) is 4.79 Å². The number of benzene rings is 2. The van der Waals surface area contributed by atoms with Gasteiger partial charge >= 0.3 is 6.03 Å². The van der Waals surface area contributed by atoms with Crippen molar-refractivity contribution in [3.63, 3.8) is 0 Å². The first-order chi connectivity index (χ1) is 13.4. The van der Waals surface area contributed by atoms with E-state index in [1.165, 1.54) is 22.4 Å². The van der Waals surface area contributed by atoms with Crippen LogP contribution in [0.5, 0.6) is 0 Å². The van der Waals surface area contributed by atoms with Gasteiger partial charge < -0.3 is 15.1 Å². The van der Waals surface area contributed by atoms with Crippen molar-refractivity contribution in [1.29, 1.82) is 0 Å². The minimum atomic E-state index is 0.0129. The Morgan fingerprint density at radius 2 is 1.46 bits per heavy atom. The lowest BCUT2D eigenvalue weighted by Gasteiger charge is -2.36. The molecule has 150 valence electrons. The summed E-state index contributed by atoms with van der Waals surface area (Å²) in [5, 5.41) is 3.24. The fourth-order valence-electron chi connectivity index (χ4n) is 3.87. The summed E-state index contributed by atoms with van der Waals surface area (Å²) >= 11 is 0. The standard InChI is InChI=1S/C24H33N3O/c1-17(2)21-10-7-11-22(18(3)4)23(21)25-24(28)27-14-12-26(13-15-27)20-9-6-8-19(5)16-20/h6-11,16-18H,12-15H2,1-5H3,(H,25,28). The molecule has 4 heteroatoms. The Morgan fingerprint density at radius 3 is 2.00 bits per heavy atom. The molecule has 0 atom stereocenters. The van der Waals surface area contributed by atoms with Crippen LogP contribution >= 0.6 is 0 Å². The number of hydrogen-bond donors (Lipinski definition) is 1. The molecule has 1 aliphatic rings. The van der Waals surface area contributed by atoms with Crippen molar-refractivity contribution in [1.82, 2.24) is 4.90 Å². The van der Waals surface area contributed by atoms with Gasteiger partial charge in [-0.3, -0.25) is 0 Å². The molecule has 1 saturated heterocycles. The number of para-hydroxylation sites is 1. The maximum atomic E-state index is 13.0. The lowest BCUT2D eigenvalue weighted by atomic mass is 9.93. The summed E-state index contributed by atoms with van der Waals surface area (Å²) in [7, 11) is 0. The summed E-state index contributed by atoms with van der Waals surface area (Å²) in [5.74, 6) is 0.735. The summed E-state index contributed by atoms with van der Waals surface area (Å²) < 4.78 is 0. The van der Waals surface area contributed by atoms with E-state index in [9.17, 15) is 4.79 Å². The molecule has 0 spiro atoms. The van der Waals surface area contributed by atoms with E-state index in [0.29, 0.717) is 11.8 Å². The van der Waals surface area contributed by atoms with Crippen molar-refractivity contribution in [3.05, 3.63) is 59.2 Å². The van der Waals surface area contributed by atoms with Crippen LogP contribution in [0.4, 0.5) is 16.2 Å². The zero-order valence-electron chi connectivity index (χ0n) is 17.8. The molecule has 1 fully saturated rings. The van der Waals surface area contributed by atoms with E-state index in [1.54, 1.807) is 0 Å². The van der Waals surface area contributed by atoms with E-state index in [4.69, 9.17) is 0 Å². The van der Waals surface area contributed by atoms with Crippen molar-refractivity contribution in [2.75, 3.05) is 36.4 Å². The average molecular weight is 380 g/mol. The molecule has 0 bridgehead atoms. The van der Waals surface area contributed by atoms with Gasteiger partial charge in [0.05, 0.1) is 0 Å². The highest BCUT2D eigenvalue weighted by atomic mass is 16.2. The summed E-state index contributed by atoms with van der Waals surface area (Å²) in [5.41, 5.74) is 5.92. The second-order valence-corrected chi connectivity index (χ2v) is 8.36. The number of carbonyl (C=O) groups excluding carboxylic acids is 1. The van der Waals surface area contributed by atoms with E-state index in [-0.39, 0.29) is 6.03 Å². The first kappa shape index (κ1) is 20.2. The highest BCUT2D eigenvalue weighted by molar-refractivity contribution is 5.91. The Balaban J connectivity index is 1.70. The van der Waals surface area contributed by atoms with Gasteiger partial charge in [0.25, 0.3) is 0 Å². The van der Waals surface area contributed by atoms with Gasteiger partial charge in [0.15, 0.2) is 0 Å². The highest BCUT2D eigenvalue weighted by Crippen LogP contribution is 2.32. The number of piperazine rings is 1. The van der Waals surface area contributed by atoms with Gasteiger partial charge in [-0.05, 0) is 47.6 Å². The Bertz CT molecular complexity index is 794. The molecule has 0 radical (unpaired) electrons. The van der Waals surface area contributed by atoms with E-state index in [1.807, 2.05) is 4.90 Å². The number of anilines is 2. The van der Waals surface area contributed by atoms with E-state index in [2.05, 4.69) is 87.3 Å². The molecule has 2 aromatic rings. The largest absolute Gasteiger partial charge is 0.368 e. The molecule has 1 heterocycles. The van der Waals surface area contributed by atoms with Crippen molar-refractivity contribution in [3.8, 4) is 0 Å². The van der Waals surface area contributed by atoms with Crippen LogP contribution in [0, 0.1) is 6.92 Å². The van der Waals surface area contributed by atoms with Crippen LogP contribution in [0.3, 0.4) is 0 Å². The molecule has 2 amide bonds. The number of rotatable bonds is 4. The fourth-order valence-corrected chi connectivity index (χ4v) is 3.87. The first-order valence-electron chi connectivity index (χ1n) is 10.4. The molecule has 3 rings (SSSR count). The molecule has 0 unspecified atom stereocenters. The highest BCUT2D eigenvalue weighted by Gasteiger charge is 2.23. The summed E-state index contributed by atoms with van der Waals surface area (Å²) in [6.07, 6.45) is 0. The van der Waals surface area contributed by atoms with Gasteiger partial charge in [0.2, 0.25) is 0 Å². The number of aryl methyl sites for hydroxylation is 1. The van der Waals surface area contributed by atoms with E-state index < -0.39 is 0 Å². The Hall–Kier alpha value is -2.49. The van der Waals surface area contributed by atoms with Crippen LogP contribution in [-0.2, 0) is 0 Å². The Kier molecular flexibility index (Phi) is 6.28. The smallest absolute Gasteiger partial charge is 0.321 e. The average Bonchev–Trinajstić information content (AvgIpc) is 2.68. The zero-order chi connectivity index (χ0) is 20.3. The third kappa shape index (κ3) is 4.49. The first-order valence-corrected chi connectivity index (χ1v) is 10.4. The molecule has 4 nitrogen and oxygen atoms in total. The molecule has 0 saturated carbocycles. The van der Waals surface area contributed by atoms with E-state index in [0.717, 1.165) is 31.9 Å². The third-order valence-electron chi connectivity index (χ3n) is 5.54. The molecule has 0 aromatic heterocycles. The molecule has 2 aromatic carbocycles. The van der Waals surface area contributed by atoms with Crippen molar-refractivity contribution >= 4 is 17.4 Å². The monoisotopic (exact) mass is 379 g/mol. The molecule has 0 aliphatic carbocycles. The van der Waals surface area contributed by atoms with Crippen LogP contribution in [0.1, 0.15) is 56.2 Å². The van der Waals surface area contributed by atoms with Gasteiger partial charge in [-0.1, -0.05) is 58.0 Å². The minimum absolute atomic E-state index is 0.0129. The number of nitrogens with zero attached hydrogens (tertiary/aromatic N) is 2. The molecular weight excluding hydrogens is 346 g/mol. The molecular formula is C24H33N3O. The Morgan fingerprint density at radius 1 is 0.893 bits per heavy atom. The predicted molar refractivity (Wildman–Crippen MR) is 119 cm³/mol.